The fourth-order valence-electron chi connectivity index (χ4n) is 2.80. The molecular formula is C18H23N3O. The van der Waals surface area contributed by atoms with E-state index in [1.165, 1.54) is 31.2 Å². The maximum Gasteiger partial charge on any atom is 0.247 e. The molecule has 1 aliphatic carbocycles. The Balaban J connectivity index is 1.48. The summed E-state index contributed by atoms with van der Waals surface area (Å²) in [6.07, 6.45) is 8.72. The van der Waals surface area contributed by atoms with E-state index in [9.17, 15) is 0 Å². The number of hydrogen-bond acceptors (Lipinski definition) is 4. The Morgan fingerprint density at radius 3 is 3.00 bits per heavy atom. The van der Waals surface area contributed by atoms with Gasteiger partial charge in [0.15, 0.2) is 0 Å². The standard InChI is InChI=1S/C18H23N3O/c1-14-6-5-9-16(12-14)18-21-20-17(22-18)13-19-11-10-15-7-3-2-4-8-15/h5-7,9,12,19H,2-4,8,10-11,13H2,1H3. The third-order valence-corrected chi connectivity index (χ3v) is 4.02. The minimum Gasteiger partial charge on any atom is -0.419 e. The van der Waals surface area contributed by atoms with Crippen molar-refractivity contribution in [3.8, 4) is 11.5 Å². The van der Waals surface area contributed by atoms with Crippen LogP contribution in [0.4, 0.5) is 0 Å². The molecule has 0 bridgehead atoms. The zero-order valence-electron chi connectivity index (χ0n) is 13.1. The first-order chi connectivity index (χ1) is 10.8. The van der Waals surface area contributed by atoms with Crippen molar-refractivity contribution < 1.29 is 4.42 Å². The van der Waals surface area contributed by atoms with Gasteiger partial charge < -0.3 is 9.73 Å². The topological polar surface area (TPSA) is 51.0 Å². The van der Waals surface area contributed by atoms with Gasteiger partial charge >= 0.3 is 0 Å². The Bertz CT molecular complexity index is 645. The van der Waals surface area contributed by atoms with E-state index in [0.29, 0.717) is 18.3 Å². The van der Waals surface area contributed by atoms with Gasteiger partial charge in [-0.3, -0.25) is 0 Å². The van der Waals surface area contributed by atoms with Gasteiger partial charge in [0.2, 0.25) is 11.8 Å². The van der Waals surface area contributed by atoms with Crippen molar-refractivity contribution in [2.45, 2.75) is 45.6 Å². The van der Waals surface area contributed by atoms with E-state index in [2.05, 4.69) is 40.6 Å². The van der Waals surface area contributed by atoms with Crippen LogP contribution in [0.3, 0.4) is 0 Å². The summed E-state index contributed by atoms with van der Waals surface area (Å²) in [5.74, 6) is 1.24. The summed E-state index contributed by atoms with van der Waals surface area (Å²) >= 11 is 0. The normalized spacial score (nSPS) is 14.9. The molecule has 0 amide bonds. The quantitative estimate of drug-likeness (QED) is 0.646. The summed E-state index contributed by atoms with van der Waals surface area (Å²) in [6.45, 7) is 3.66. The minimum atomic E-state index is 0.593. The zero-order chi connectivity index (χ0) is 15.2. The molecule has 0 aliphatic heterocycles. The van der Waals surface area contributed by atoms with Gasteiger partial charge in [-0.05, 0) is 57.7 Å². The third kappa shape index (κ3) is 4.04. The lowest BCUT2D eigenvalue weighted by atomic mass is 9.97. The Hall–Kier alpha value is -1.94. The van der Waals surface area contributed by atoms with Crippen LogP contribution < -0.4 is 5.32 Å². The third-order valence-electron chi connectivity index (χ3n) is 4.02. The molecule has 22 heavy (non-hydrogen) atoms. The number of nitrogens with zero attached hydrogens (tertiary/aromatic N) is 2. The molecule has 0 atom stereocenters. The molecule has 1 N–H and O–H groups in total. The first-order valence-corrected chi connectivity index (χ1v) is 8.09. The molecule has 0 radical (unpaired) electrons. The average Bonchev–Trinajstić information content (AvgIpc) is 3.02. The van der Waals surface area contributed by atoms with Crippen molar-refractivity contribution in [1.29, 1.82) is 0 Å². The lowest BCUT2D eigenvalue weighted by Crippen LogP contribution is -2.15. The van der Waals surface area contributed by atoms with Gasteiger partial charge in [-0.15, -0.1) is 10.2 Å². The summed E-state index contributed by atoms with van der Waals surface area (Å²) in [6, 6.07) is 8.11. The van der Waals surface area contributed by atoms with Crippen LogP contribution in [0.15, 0.2) is 40.3 Å². The van der Waals surface area contributed by atoms with Gasteiger partial charge in [-0.2, -0.15) is 0 Å². The van der Waals surface area contributed by atoms with Crippen LogP contribution in [0.2, 0.25) is 0 Å². The largest absolute Gasteiger partial charge is 0.419 e. The molecule has 4 heteroatoms. The van der Waals surface area contributed by atoms with E-state index < -0.39 is 0 Å². The number of aryl methyl sites for hydroxylation is 1. The van der Waals surface area contributed by atoms with Gasteiger partial charge in [0.25, 0.3) is 0 Å². The smallest absolute Gasteiger partial charge is 0.247 e. The summed E-state index contributed by atoms with van der Waals surface area (Å²) in [4.78, 5) is 0. The Morgan fingerprint density at radius 1 is 1.23 bits per heavy atom. The molecule has 1 heterocycles. The van der Waals surface area contributed by atoms with Gasteiger partial charge in [-0.1, -0.05) is 29.3 Å². The van der Waals surface area contributed by atoms with Crippen LogP contribution in [0.1, 0.15) is 43.6 Å². The second kappa shape index (κ2) is 7.36. The first-order valence-electron chi connectivity index (χ1n) is 8.09. The van der Waals surface area contributed by atoms with Crippen molar-refractivity contribution in [2.24, 2.45) is 0 Å². The molecule has 0 saturated carbocycles. The lowest BCUT2D eigenvalue weighted by Gasteiger charge is -2.12. The predicted molar refractivity (Wildman–Crippen MR) is 87.3 cm³/mol. The van der Waals surface area contributed by atoms with Crippen molar-refractivity contribution >= 4 is 0 Å². The number of allylic oxidation sites excluding steroid dienone is 1. The number of aromatic nitrogens is 2. The number of benzene rings is 1. The molecule has 1 aromatic carbocycles. The zero-order valence-corrected chi connectivity index (χ0v) is 13.1. The Kier molecular flexibility index (Phi) is 5.01. The summed E-state index contributed by atoms with van der Waals surface area (Å²) < 4.78 is 5.72. The maximum atomic E-state index is 5.72. The Morgan fingerprint density at radius 2 is 2.18 bits per heavy atom. The van der Waals surface area contributed by atoms with Crippen LogP contribution in [0.25, 0.3) is 11.5 Å². The monoisotopic (exact) mass is 297 g/mol. The molecule has 0 saturated heterocycles. The molecule has 2 aromatic rings. The van der Waals surface area contributed by atoms with E-state index in [1.807, 2.05) is 12.1 Å². The van der Waals surface area contributed by atoms with Crippen LogP contribution in [-0.4, -0.2) is 16.7 Å². The van der Waals surface area contributed by atoms with Gasteiger partial charge in [0.05, 0.1) is 6.54 Å². The number of hydrogen-bond donors (Lipinski definition) is 1. The fourth-order valence-corrected chi connectivity index (χ4v) is 2.80. The van der Waals surface area contributed by atoms with E-state index in [0.717, 1.165) is 18.5 Å². The highest BCUT2D eigenvalue weighted by Crippen LogP contribution is 2.20. The maximum absolute atomic E-state index is 5.72. The SMILES string of the molecule is Cc1cccc(-c2nnc(CNCCC3=CCCCC3)o2)c1. The van der Waals surface area contributed by atoms with Crippen molar-refractivity contribution in [3.05, 3.63) is 47.4 Å². The average molecular weight is 297 g/mol. The summed E-state index contributed by atoms with van der Waals surface area (Å²) in [5, 5.41) is 11.6. The van der Waals surface area contributed by atoms with Crippen LogP contribution in [0.5, 0.6) is 0 Å². The highest BCUT2D eigenvalue weighted by molar-refractivity contribution is 5.53. The van der Waals surface area contributed by atoms with Crippen molar-refractivity contribution in [2.75, 3.05) is 6.54 Å². The molecule has 4 nitrogen and oxygen atoms in total. The van der Waals surface area contributed by atoms with Crippen LogP contribution >= 0.6 is 0 Å². The molecule has 0 unspecified atom stereocenters. The second-order valence-corrected chi connectivity index (χ2v) is 5.91. The molecule has 0 fully saturated rings. The first kappa shape index (κ1) is 15.0. The number of nitrogens with one attached hydrogen (secondary N) is 1. The fraction of sp³-hybridized carbons (Fsp3) is 0.444. The van der Waals surface area contributed by atoms with E-state index in [4.69, 9.17) is 4.42 Å². The molecule has 3 rings (SSSR count). The van der Waals surface area contributed by atoms with Gasteiger partial charge in [0, 0.05) is 5.56 Å². The highest BCUT2D eigenvalue weighted by atomic mass is 16.4. The Labute approximate surface area is 131 Å². The summed E-state index contributed by atoms with van der Waals surface area (Å²) in [7, 11) is 0. The highest BCUT2D eigenvalue weighted by Gasteiger charge is 2.08. The van der Waals surface area contributed by atoms with Crippen molar-refractivity contribution in [3.63, 3.8) is 0 Å². The molecule has 116 valence electrons. The number of rotatable bonds is 6. The predicted octanol–water partition coefficient (Wildman–Crippen LogP) is 4.03. The molecule has 0 spiro atoms. The van der Waals surface area contributed by atoms with E-state index in [1.54, 1.807) is 5.57 Å². The van der Waals surface area contributed by atoms with E-state index in [-0.39, 0.29) is 0 Å². The molecule has 1 aliphatic rings. The van der Waals surface area contributed by atoms with Gasteiger partial charge in [-0.25, -0.2) is 0 Å². The second-order valence-electron chi connectivity index (χ2n) is 5.91. The van der Waals surface area contributed by atoms with Crippen LogP contribution in [0, 0.1) is 6.92 Å². The summed E-state index contributed by atoms with van der Waals surface area (Å²) in [5.41, 5.74) is 3.76. The molecule has 1 aromatic heterocycles. The van der Waals surface area contributed by atoms with Crippen LogP contribution in [-0.2, 0) is 6.54 Å². The van der Waals surface area contributed by atoms with Gasteiger partial charge in [0.1, 0.15) is 0 Å². The van der Waals surface area contributed by atoms with Crippen molar-refractivity contribution in [1.82, 2.24) is 15.5 Å². The molecular weight excluding hydrogens is 274 g/mol. The lowest BCUT2D eigenvalue weighted by molar-refractivity contribution is 0.477. The van der Waals surface area contributed by atoms with E-state index >= 15 is 0 Å². The minimum absolute atomic E-state index is 0.593.